The molecule has 3 rings (SSSR count). The van der Waals surface area contributed by atoms with Crippen LogP contribution in [-0.4, -0.2) is 42.4 Å². The predicted octanol–water partition coefficient (Wildman–Crippen LogP) is 3.03. The van der Waals surface area contributed by atoms with Crippen molar-refractivity contribution in [3.05, 3.63) is 42.2 Å². The van der Waals surface area contributed by atoms with E-state index in [1.807, 2.05) is 24.3 Å². The standard InChI is InChI=1S/C18H22ClN3O2/c1-23-18(5-7-20-8-6-18)13-24-16-11-21-17(22-12-16)15-4-2-3-14(9-15)10-19/h2-4,9,11-12,20H,5-8,10,13H2,1H3. The fourth-order valence-corrected chi connectivity index (χ4v) is 3.00. The molecule has 24 heavy (non-hydrogen) atoms. The van der Waals surface area contributed by atoms with Gasteiger partial charge in [0.25, 0.3) is 0 Å². The zero-order chi connectivity index (χ0) is 16.8. The molecule has 0 saturated carbocycles. The highest BCUT2D eigenvalue weighted by atomic mass is 35.5. The van der Waals surface area contributed by atoms with E-state index in [0.717, 1.165) is 37.1 Å². The molecular formula is C18H22ClN3O2. The second-order valence-electron chi connectivity index (χ2n) is 6.00. The highest BCUT2D eigenvalue weighted by Gasteiger charge is 2.32. The van der Waals surface area contributed by atoms with Gasteiger partial charge in [-0.15, -0.1) is 11.6 Å². The topological polar surface area (TPSA) is 56.3 Å². The molecule has 0 radical (unpaired) electrons. The van der Waals surface area contributed by atoms with E-state index < -0.39 is 0 Å². The summed E-state index contributed by atoms with van der Waals surface area (Å²) in [5, 5.41) is 3.34. The van der Waals surface area contributed by atoms with Crippen LogP contribution in [0, 0.1) is 0 Å². The smallest absolute Gasteiger partial charge is 0.159 e. The number of aromatic nitrogens is 2. The van der Waals surface area contributed by atoms with E-state index in [2.05, 4.69) is 15.3 Å². The lowest BCUT2D eigenvalue weighted by Gasteiger charge is -2.35. The monoisotopic (exact) mass is 347 g/mol. The molecule has 0 spiro atoms. The SMILES string of the molecule is COC1(COc2cnc(-c3cccc(CCl)c3)nc2)CCNCC1. The molecule has 0 unspecified atom stereocenters. The molecule has 0 atom stereocenters. The fourth-order valence-electron chi connectivity index (χ4n) is 2.84. The van der Waals surface area contributed by atoms with E-state index in [4.69, 9.17) is 21.1 Å². The number of rotatable bonds is 6. The predicted molar refractivity (Wildman–Crippen MR) is 94.4 cm³/mol. The van der Waals surface area contributed by atoms with Crippen LogP contribution in [0.5, 0.6) is 5.75 Å². The molecule has 1 aliphatic heterocycles. The van der Waals surface area contributed by atoms with Crippen LogP contribution >= 0.6 is 11.6 Å². The van der Waals surface area contributed by atoms with E-state index >= 15 is 0 Å². The van der Waals surface area contributed by atoms with Gasteiger partial charge in [0.1, 0.15) is 12.2 Å². The Morgan fingerprint density at radius 3 is 2.62 bits per heavy atom. The zero-order valence-corrected chi connectivity index (χ0v) is 14.6. The molecule has 5 nitrogen and oxygen atoms in total. The van der Waals surface area contributed by atoms with Gasteiger partial charge in [-0.2, -0.15) is 0 Å². The van der Waals surface area contributed by atoms with E-state index in [0.29, 0.717) is 24.1 Å². The number of halogens is 1. The van der Waals surface area contributed by atoms with Gasteiger partial charge in [-0.05, 0) is 37.6 Å². The Bertz CT molecular complexity index is 658. The molecule has 0 bridgehead atoms. The summed E-state index contributed by atoms with van der Waals surface area (Å²) >= 11 is 5.88. The van der Waals surface area contributed by atoms with Crippen LogP contribution in [0.2, 0.25) is 0 Å². The Labute approximate surface area is 147 Å². The molecule has 0 amide bonds. The third-order valence-electron chi connectivity index (χ3n) is 4.42. The summed E-state index contributed by atoms with van der Waals surface area (Å²) in [4.78, 5) is 8.81. The molecule has 0 aliphatic carbocycles. The number of piperidine rings is 1. The molecule has 1 aromatic heterocycles. The third-order valence-corrected chi connectivity index (χ3v) is 4.73. The van der Waals surface area contributed by atoms with Gasteiger partial charge in [0.05, 0.1) is 12.4 Å². The number of alkyl halides is 1. The lowest BCUT2D eigenvalue weighted by atomic mass is 9.93. The largest absolute Gasteiger partial charge is 0.487 e. The molecule has 1 N–H and O–H groups in total. The summed E-state index contributed by atoms with van der Waals surface area (Å²) in [5.74, 6) is 1.79. The molecule has 1 aliphatic rings. The Morgan fingerprint density at radius 2 is 1.96 bits per heavy atom. The second-order valence-corrected chi connectivity index (χ2v) is 6.27. The van der Waals surface area contributed by atoms with Crippen molar-refractivity contribution >= 4 is 11.6 Å². The van der Waals surface area contributed by atoms with E-state index in [1.165, 1.54) is 0 Å². The van der Waals surface area contributed by atoms with Gasteiger partial charge in [-0.25, -0.2) is 9.97 Å². The van der Waals surface area contributed by atoms with Crippen LogP contribution in [0.1, 0.15) is 18.4 Å². The van der Waals surface area contributed by atoms with Gasteiger partial charge in [-0.3, -0.25) is 0 Å². The summed E-state index contributed by atoms with van der Waals surface area (Å²) < 4.78 is 11.6. The summed E-state index contributed by atoms with van der Waals surface area (Å²) in [5.41, 5.74) is 1.77. The average molecular weight is 348 g/mol. The summed E-state index contributed by atoms with van der Waals surface area (Å²) in [6.45, 7) is 2.41. The number of hydrogen-bond donors (Lipinski definition) is 1. The van der Waals surface area contributed by atoms with Crippen LogP contribution in [0.3, 0.4) is 0 Å². The number of hydrogen-bond acceptors (Lipinski definition) is 5. The Balaban J connectivity index is 1.66. The van der Waals surface area contributed by atoms with Crippen LogP contribution in [0.15, 0.2) is 36.7 Å². The van der Waals surface area contributed by atoms with Gasteiger partial charge < -0.3 is 14.8 Å². The zero-order valence-electron chi connectivity index (χ0n) is 13.8. The van der Waals surface area contributed by atoms with Crippen molar-refractivity contribution in [2.45, 2.75) is 24.3 Å². The van der Waals surface area contributed by atoms with Crippen molar-refractivity contribution < 1.29 is 9.47 Å². The Morgan fingerprint density at radius 1 is 1.21 bits per heavy atom. The van der Waals surface area contributed by atoms with Crippen LogP contribution in [0.4, 0.5) is 0 Å². The highest BCUT2D eigenvalue weighted by molar-refractivity contribution is 6.17. The molecule has 128 valence electrons. The van der Waals surface area contributed by atoms with Crippen LogP contribution in [0.25, 0.3) is 11.4 Å². The van der Waals surface area contributed by atoms with Gasteiger partial charge in [0, 0.05) is 18.6 Å². The van der Waals surface area contributed by atoms with Gasteiger partial charge in [0.15, 0.2) is 11.6 Å². The van der Waals surface area contributed by atoms with Gasteiger partial charge in [0.2, 0.25) is 0 Å². The summed E-state index contributed by atoms with van der Waals surface area (Å²) in [7, 11) is 1.75. The number of nitrogens with one attached hydrogen (secondary N) is 1. The van der Waals surface area contributed by atoms with E-state index in [1.54, 1.807) is 19.5 Å². The first-order valence-corrected chi connectivity index (χ1v) is 8.64. The Hall–Kier alpha value is -1.69. The molecule has 1 aromatic carbocycles. The highest BCUT2D eigenvalue weighted by Crippen LogP contribution is 2.24. The lowest BCUT2D eigenvalue weighted by Crippen LogP contribution is -2.47. The second kappa shape index (κ2) is 7.92. The number of nitrogens with zero attached hydrogens (tertiary/aromatic N) is 2. The quantitative estimate of drug-likeness (QED) is 0.814. The minimum absolute atomic E-state index is 0.224. The minimum Gasteiger partial charge on any atom is -0.487 e. The van der Waals surface area contributed by atoms with E-state index in [-0.39, 0.29) is 5.60 Å². The van der Waals surface area contributed by atoms with Gasteiger partial charge >= 0.3 is 0 Å². The summed E-state index contributed by atoms with van der Waals surface area (Å²) in [6.07, 6.45) is 5.29. The molecule has 1 saturated heterocycles. The molecule has 6 heteroatoms. The molecular weight excluding hydrogens is 326 g/mol. The first-order valence-electron chi connectivity index (χ1n) is 8.11. The first kappa shape index (κ1) is 17.1. The average Bonchev–Trinajstić information content (AvgIpc) is 2.67. The first-order chi connectivity index (χ1) is 11.7. The number of methoxy groups -OCH3 is 1. The van der Waals surface area contributed by atoms with Crippen molar-refractivity contribution in [2.24, 2.45) is 0 Å². The maximum Gasteiger partial charge on any atom is 0.159 e. The number of benzene rings is 1. The van der Waals surface area contributed by atoms with Crippen molar-refractivity contribution in [3.63, 3.8) is 0 Å². The van der Waals surface area contributed by atoms with E-state index in [9.17, 15) is 0 Å². The van der Waals surface area contributed by atoms with Crippen LogP contribution < -0.4 is 10.1 Å². The van der Waals surface area contributed by atoms with Gasteiger partial charge in [-0.1, -0.05) is 18.2 Å². The van der Waals surface area contributed by atoms with Crippen molar-refractivity contribution in [3.8, 4) is 17.1 Å². The lowest BCUT2D eigenvalue weighted by molar-refractivity contribution is -0.0641. The molecule has 2 aromatic rings. The molecule has 1 fully saturated rings. The third kappa shape index (κ3) is 4.04. The van der Waals surface area contributed by atoms with Crippen molar-refractivity contribution in [2.75, 3.05) is 26.8 Å². The fraction of sp³-hybridized carbons (Fsp3) is 0.444. The van der Waals surface area contributed by atoms with Crippen molar-refractivity contribution in [1.82, 2.24) is 15.3 Å². The normalized spacial score (nSPS) is 16.8. The number of ether oxygens (including phenoxy) is 2. The van der Waals surface area contributed by atoms with Crippen LogP contribution in [-0.2, 0) is 10.6 Å². The van der Waals surface area contributed by atoms with Crippen molar-refractivity contribution in [1.29, 1.82) is 0 Å². The maximum absolute atomic E-state index is 5.88. The maximum atomic E-state index is 5.88. The summed E-state index contributed by atoms with van der Waals surface area (Å²) in [6, 6.07) is 7.91. The molecule has 2 heterocycles. The Kier molecular flexibility index (Phi) is 5.66. The minimum atomic E-state index is -0.224.